The van der Waals surface area contributed by atoms with Crippen LogP contribution in [0.3, 0.4) is 0 Å². The summed E-state index contributed by atoms with van der Waals surface area (Å²) >= 11 is 11.9. The number of para-hydroxylation sites is 1. The molecule has 1 aliphatic heterocycles. The highest BCUT2D eigenvalue weighted by molar-refractivity contribution is 7.88. The van der Waals surface area contributed by atoms with Gasteiger partial charge in [0.1, 0.15) is 12.4 Å². The Morgan fingerprint density at radius 3 is 2.59 bits per heavy atom. The molecule has 0 radical (unpaired) electrons. The van der Waals surface area contributed by atoms with Gasteiger partial charge in [0.25, 0.3) is 0 Å². The van der Waals surface area contributed by atoms with Crippen molar-refractivity contribution in [1.29, 1.82) is 0 Å². The Balaban J connectivity index is 1.52. The average Bonchev–Trinajstić information content (AvgIpc) is 2.78. The average molecular weight is 528 g/mol. The van der Waals surface area contributed by atoms with E-state index in [4.69, 9.17) is 27.9 Å². The molecule has 1 amide bonds. The number of rotatable bonds is 8. The van der Waals surface area contributed by atoms with Gasteiger partial charge < -0.3 is 10.1 Å². The number of sulfonamides is 1. The van der Waals surface area contributed by atoms with Crippen LogP contribution in [0.1, 0.15) is 44.7 Å². The highest BCUT2D eigenvalue weighted by atomic mass is 35.5. The minimum Gasteiger partial charge on any atom is -0.491 e. The zero-order chi connectivity index (χ0) is 24.9. The van der Waals surface area contributed by atoms with Gasteiger partial charge in [0.05, 0.1) is 28.3 Å². The maximum absolute atomic E-state index is 12.9. The fourth-order valence-electron chi connectivity index (χ4n) is 4.03. The van der Waals surface area contributed by atoms with Crippen LogP contribution in [0, 0.1) is 5.92 Å². The summed E-state index contributed by atoms with van der Waals surface area (Å²) in [5.74, 6) is 0.0852. The van der Waals surface area contributed by atoms with Gasteiger partial charge in [0, 0.05) is 13.1 Å². The van der Waals surface area contributed by atoms with Crippen molar-refractivity contribution >= 4 is 39.1 Å². The smallest absolute Gasteiger partial charge is 0.224 e. The van der Waals surface area contributed by atoms with Crippen molar-refractivity contribution in [3.63, 3.8) is 0 Å². The predicted octanol–water partition coefficient (Wildman–Crippen LogP) is 5.03. The predicted molar refractivity (Wildman–Crippen MR) is 137 cm³/mol. The van der Waals surface area contributed by atoms with Gasteiger partial charge in [-0.1, -0.05) is 68.2 Å². The first kappa shape index (κ1) is 26.8. The molecule has 2 aromatic rings. The van der Waals surface area contributed by atoms with E-state index in [-0.39, 0.29) is 29.5 Å². The molecule has 0 bridgehead atoms. The van der Waals surface area contributed by atoms with Gasteiger partial charge in [-0.25, -0.2) is 12.7 Å². The van der Waals surface area contributed by atoms with Crippen LogP contribution >= 0.6 is 23.2 Å². The first-order chi connectivity index (χ1) is 16.0. The lowest BCUT2D eigenvalue weighted by Crippen LogP contribution is -2.46. The number of halogens is 2. The Morgan fingerprint density at radius 1 is 1.15 bits per heavy atom. The maximum Gasteiger partial charge on any atom is 0.224 e. The van der Waals surface area contributed by atoms with Crippen molar-refractivity contribution in [2.75, 3.05) is 26.2 Å². The molecule has 9 heteroatoms. The molecule has 186 valence electrons. The van der Waals surface area contributed by atoms with Crippen molar-refractivity contribution in [2.45, 2.75) is 44.8 Å². The first-order valence-electron chi connectivity index (χ1n) is 11.4. The van der Waals surface area contributed by atoms with Crippen LogP contribution in [0.5, 0.6) is 5.75 Å². The lowest BCUT2D eigenvalue weighted by molar-refractivity contribution is -0.126. The molecule has 0 saturated carbocycles. The number of hydrogen-bond acceptors (Lipinski definition) is 4. The van der Waals surface area contributed by atoms with Gasteiger partial charge in [-0.15, -0.1) is 0 Å². The summed E-state index contributed by atoms with van der Waals surface area (Å²) in [6, 6.07) is 12.7. The van der Waals surface area contributed by atoms with Gasteiger partial charge in [-0.05, 0) is 47.6 Å². The number of hydrogen-bond donors (Lipinski definition) is 1. The summed E-state index contributed by atoms with van der Waals surface area (Å²) < 4.78 is 33.2. The number of nitrogens with one attached hydrogen (secondary N) is 1. The molecule has 1 saturated heterocycles. The largest absolute Gasteiger partial charge is 0.491 e. The third-order valence-electron chi connectivity index (χ3n) is 5.84. The Kier molecular flexibility index (Phi) is 8.90. The van der Waals surface area contributed by atoms with E-state index < -0.39 is 10.0 Å². The van der Waals surface area contributed by atoms with E-state index in [0.717, 1.165) is 11.3 Å². The molecule has 2 aromatic carbocycles. The quantitative estimate of drug-likeness (QED) is 0.489. The van der Waals surface area contributed by atoms with Gasteiger partial charge in [-0.3, -0.25) is 4.79 Å². The number of piperidine rings is 1. The zero-order valence-corrected chi connectivity index (χ0v) is 22.1. The standard InChI is InChI=1S/C25H32Cl2N2O4S/c1-25(2,3)20-8-4-5-9-23(20)33-14-12-28-24(30)19-7-6-13-29(16-19)34(31,32)17-18-10-11-21(26)22(27)15-18/h4-5,8-11,15,19H,6-7,12-14,16-17H2,1-3H3,(H,28,30)/t19-/m0/s1. The molecule has 1 heterocycles. The fraction of sp³-hybridized carbons (Fsp3) is 0.480. The molecule has 1 atom stereocenters. The summed E-state index contributed by atoms with van der Waals surface area (Å²) in [7, 11) is -3.59. The lowest BCUT2D eigenvalue weighted by atomic mass is 9.86. The van der Waals surface area contributed by atoms with Crippen molar-refractivity contribution in [1.82, 2.24) is 9.62 Å². The Morgan fingerprint density at radius 2 is 1.88 bits per heavy atom. The molecule has 34 heavy (non-hydrogen) atoms. The maximum atomic E-state index is 12.9. The van der Waals surface area contributed by atoms with Crippen LogP contribution in [-0.2, 0) is 26.0 Å². The van der Waals surface area contributed by atoms with Gasteiger partial charge in [0.15, 0.2) is 0 Å². The molecule has 0 aliphatic carbocycles. The Hall–Kier alpha value is -1.80. The molecule has 6 nitrogen and oxygen atoms in total. The zero-order valence-electron chi connectivity index (χ0n) is 19.8. The van der Waals surface area contributed by atoms with Gasteiger partial charge >= 0.3 is 0 Å². The molecule has 1 fully saturated rings. The number of carbonyl (C=O) groups is 1. The van der Waals surface area contributed by atoms with E-state index in [1.807, 2.05) is 24.3 Å². The van der Waals surface area contributed by atoms with Gasteiger partial charge in [-0.2, -0.15) is 0 Å². The first-order valence-corrected chi connectivity index (χ1v) is 13.8. The van der Waals surface area contributed by atoms with Crippen LogP contribution in [0.2, 0.25) is 10.0 Å². The SMILES string of the molecule is CC(C)(C)c1ccccc1OCCNC(=O)[C@H]1CCCN(S(=O)(=O)Cc2ccc(Cl)c(Cl)c2)C1. The van der Waals surface area contributed by atoms with Crippen LogP contribution in [-0.4, -0.2) is 44.9 Å². The topological polar surface area (TPSA) is 75.7 Å². The van der Waals surface area contributed by atoms with Crippen LogP contribution < -0.4 is 10.1 Å². The summed E-state index contributed by atoms with van der Waals surface area (Å²) in [5.41, 5.74) is 1.62. The van der Waals surface area contributed by atoms with Crippen molar-refractivity contribution in [3.05, 3.63) is 63.6 Å². The second-order valence-electron chi connectivity index (χ2n) is 9.59. The van der Waals surface area contributed by atoms with Crippen LogP contribution in [0.25, 0.3) is 0 Å². The summed E-state index contributed by atoms with van der Waals surface area (Å²) in [6.07, 6.45) is 1.28. The summed E-state index contributed by atoms with van der Waals surface area (Å²) in [5, 5.41) is 3.59. The monoisotopic (exact) mass is 526 g/mol. The molecule has 0 spiro atoms. The molecular weight excluding hydrogens is 495 g/mol. The number of amides is 1. The third-order valence-corrected chi connectivity index (χ3v) is 8.39. The molecule has 3 rings (SSSR count). The van der Waals surface area contributed by atoms with E-state index in [2.05, 4.69) is 26.1 Å². The van der Waals surface area contributed by atoms with Crippen LogP contribution in [0.15, 0.2) is 42.5 Å². The van der Waals surface area contributed by atoms with Crippen molar-refractivity contribution in [2.24, 2.45) is 5.92 Å². The van der Waals surface area contributed by atoms with E-state index in [1.165, 1.54) is 4.31 Å². The second-order valence-corrected chi connectivity index (χ2v) is 12.4. The summed E-state index contributed by atoms with van der Waals surface area (Å²) in [4.78, 5) is 12.7. The van der Waals surface area contributed by atoms with E-state index >= 15 is 0 Å². The molecule has 0 aromatic heterocycles. The van der Waals surface area contributed by atoms with Crippen molar-refractivity contribution < 1.29 is 17.9 Å². The fourth-order valence-corrected chi connectivity index (χ4v) is 5.95. The number of carbonyl (C=O) groups excluding carboxylic acids is 1. The minimum absolute atomic E-state index is 0.0474. The van der Waals surface area contributed by atoms with E-state index in [9.17, 15) is 13.2 Å². The number of ether oxygens (including phenoxy) is 1. The van der Waals surface area contributed by atoms with Crippen molar-refractivity contribution in [3.8, 4) is 5.75 Å². The molecular formula is C25H32Cl2N2O4S. The highest BCUT2D eigenvalue weighted by Crippen LogP contribution is 2.31. The number of benzene rings is 2. The Labute approximate surface area is 212 Å². The Bertz CT molecular complexity index is 1120. The van der Waals surface area contributed by atoms with E-state index in [0.29, 0.717) is 48.1 Å². The van der Waals surface area contributed by atoms with Crippen LogP contribution in [0.4, 0.5) is 0 Å². The second kappa shape index (κ2) is 11.3. The number of nitrogens with zero attached hydrogens (tertiary/aromatic N) is 1. The third kappa shape index (κ3) is 7.11. The highest BCUT2D eigenvalue weighted by Gasteiger charge is 2.32. The molecule has 1 aliphatic rings. The lowest BCUT2D eigenvalue weighted by Gasteiger charge is -2.31. The van der Waals surface area contributed by atoms with Gasteiger partial charge in [0.2, 0.25) is 15.9 Å². The minimum atomic E-state index is -3.59. The normalized spacial score (nSPS) is 17.4. The van der Waals surface area contributed by atoms with E-state index in [1.54, 1.807) is 18.2 Å². The molecule has 1 N–H and O–H groups in total. The summed E-state index contributed by atoms with van der Waals surface area (Å²) in [6.45, 7) is 7.64. The molecule has 0 unspecified atom stereocenters.